The van der Waals surface area contributed by atoms with Crippen molar-refractivity contribution in [2.45, 2.75) is 19.4 Å². The molecule has 94 valence electrons. The number of benzene rings is 1. The number of halogens is 2. The Bertz CT molecular complexity index is 513. The molecule has 1 heterocycles. The molecule has 0 saturated heterocycles. The fourth-order valence-corrected chi connectivity index (χ4v) is 2.21. The molecule has 1 N–H and O–H groups in total. The Balaban J connectivity index is 2.20. The zero-order chi connectivity index (χ0) is 13.0. The molecule has 0 spiro atoms. The minimum absolute atomic E-state index is 0.236. The average Bonchev–Trinajstić information content (AvgIpc) is 2.39. The lowest BCUT2D eigenvalue weighted by atomic mass is 10.0. The Morgan fingerprint density at radius 2 is 2.00 bits per heavy atom. The SMILES string of the molecule is CCC(Nc1cnccc1Cl)c1ccc(Br)cc1. The van der Waals surface area contributed by atoms with E-state index in [0.717, 1.165) is 16.6 Å². The fourth-order valence-electron chi connectivity index (χ4n) is 1.79. The molecule has 1 aromatic carbocycles. The van der Waals surface area contributed by atoms with E-state index in [9.17, 15) is 0 Å². The lowest BCUT2D eigenvalue weighted by Gasteiger charge is -2.19. The molecule has 1 unspecified atom stereocenters. The minimum atomic E-state index is 0.236. The van der Waals surface area contributed by atoms with Crippen LogP contribution in [0.1, 0.15) is 24.9 Å². The molecule has 0 fully saturated rings. The zero-order valence-electron chi connectivity index (χ0n) is 10.0. The summed E-state index contributed by atoms with van der Waals surface area (Å²) in [4.78, 5) is 4.09. The highest BCUT2D eigenvalue weighted by Crippen LogP contribution is 2.27. The second-order valence-electron chi connectivity index (χ2n) is 4.01. The van der Waals surface area contributed by atoms with E-state index in [1.54, 1.807) is 18.5 Å². The molecule has 18 heavy (non-hydrogen) atoms. The van der Waals surface area contributed by atoms with E-state index in [1.165, 1.54) is 5.56 Å². The topological polar surface area (TPSA) is 24.9 Å². The number of anilines is 1. The van der Waals surface area contributed by atoms with E-state index in [2.05, 4.69) is 45.3 Å². The molecule has 2 aromatic rings. The maximum absolute atomic E-state index is 6.13. The highest BCUT2D eigenvalue weighted by molar-refractivity contribution is 9.10. The van der Waals surface area contributed by atoms with Crippen molar-refractivity contribution in [2.24, 2.45) is 0 Å². The number of rotatable bonds is 4. The highest BCUT2D eigenvalue weighted by Gasteiger charge is 2.10. The third-order valence-electron chi connectivity index (χ3n) is 2.78. The Hall–Kier alpha value is -1.06. The first-order chi connectivity index (χ1) is 8.70. The predicted octanol–water partition coefficient (Wildman–Crippen LogP) is 5.06. The van der Waals surface area contributed by atoms with Crippen LogP contribution in [0.2, 0.25) is 5.02 Å². The van der Waals surface area contributed by atoms with Crippen LogP contribution in [0.4, 0.5) is 5.69 Å². The lowest BCUT2D eigenvalue weighted by Crippen LogP contribution is -2.10. The quantitative estimate of drug-likeness (QED) is 0.849. The summed E-state index contributed by atoms with van der Waals surface area (Å²) in [5.74, 6) is 0. The van der Waals surface area contributed by atoms with Crippen LogP contribution in [0.3, 0.4) is 0 Å². The van der Waals surface area contributed by atoms with Gasteiger partial charge in [0.1, 0.15) is 0 Å². The van der Waals surface area contributed by atoms with Crippen molar-refractivity contribution in [1.82, 2.24) is 4.98 Å². The Morgan fingerprint density at radius 3 is 2.61 bits per heavy atom. The van der Waals surface area contributed by atoms with Gasteiger partial charge in [0.25, 0.3) is 0 Å². The molecule has 0 aliphatic carbocycles. The molecular formula is C14H14BrClN2. The number of aromatic nitrogens is 1. The summed E-state index contributed by atoms with van der Waals surface area (Å²) in [5.41, 5.74) is 2.11. The van der Waals surface area contributed by atoms with Crippen LogP contribution < -0.4 is 5.32 Å². The maximum Gasteiger partial charge on any atom is 0.0720 e. The normalized spacial score (nSPS) is 12.2. The van der Waals surface area contributed by atoms with Crippen molar-refractivity contribution in [2.75, 3.05) is 5.32 Å². The van der Waals surface area contributed by atoms with Crippen LogP contribution in [-0.4, -0.2) is 4.98 Å². The predicted molar refractivity (Wildman–Crippen MR) is 80.0 cm³/mol. The third-order valence-corrected chi connectivity index (χ3v) is 3.64. The van der Waals surface area contributed by atoms with E-state index < -0.39 is 0 Å². The summed E-state index contributed by atoms with van der Waals surface area (Å²) in [5, 5.41) is 4.12. The second kappa shape index (κ2) is 6.21. The number of nitrogens with one attached hydrogen (secondary N) is 1. The third kappa shape index (κ3) is 3.24. The average molecular weight is 326 g/mol. The van der Waals surface area contributed by atoms with E-state index in [4.69, 9.17) is 11.6 Å². The van der Waals surface area contributed by atoms with Gasteiger partial charge >= 0.3 is 0 Å². The lowest BCUT2D eigenvalue weighted by molar-refractivity contribution is 0.748. The Morgan fingerprint density at radius 1 is 1.28 bits per heavy atom. The first-order valence-corrected chi connectivity index (χ1v) is 6.99. The van der Waals surface area contributed by atoms with Gasteiger partial charge in [-0.05, 0) is 30.2 Å². The smallest absolute Gasteiger partial charge is 0.0720 e. The van der Waals surface area contributed by atoms with Crippen LogP contribution in [0.15, 0.2) is 47.2 Å². The van der Waals surface area contributed by atoms with E-state index in [0.29, 0.717) is 5.02 Å². The van der Waals surface area contributed by atoms with Gasteiger partial charge in [-0.2, -0.15) is 0 Å². The van der Waals surface area contributed by atoms with Crippen molar-refractivity contribution in [3.63, 3.8) is 0 Å². The number of hydrogen-bond acceptors (Lipinski definition) is 2. The van der Waals surface area contributed by atoms with Crippen LogP contribution in [-0.2, 0) is 0 Å². The highest BCUT2D eigenvalue weighted by atomic mass is 79.9. The maximum atomic E-state index is 6.13. The first-order valence-electron chi connectivity index (χ1n) is 5.82. The standard InChI is InChI=1S/C14H14BrClN2/c1-2-13(10-3-5-11(15)6-4-10)18-14-9-17-8-7-12(14)16/h3-9,13,18H,2H2,1H3. The van der Waals surface area contributed by atoms with Gasteiger partial charge < -0.3 is 5.32 Å². The molecule has 0 aliphatic rings. The van der Waals surface area contributed by atoms with Gasteiger partial charge in [-0.25, -0.2) is 0 Å². The van der Waals surface area contributed by atoms with Crippen molar-refractivity contribution >= 4 is 33.2 Å². The molecule has 0 amide bonds. The monoisotopic (exact) mass is 324 g/mol. The second-order valence-corrected chi connectivity index (χ2v) is 5.34. The van der Waals surface area contributed by atoms with Gasteiger partial charge in [-0.3, -0.25) is 4.98 Å². The van der Waals surface area contributed by atoms with Crippen molar-refractivity contribution < 1.29 is 0 Å². The summed E-state index contributed by atoms with van der Waals surface area (Å²) < 4.78 is 1.08. The van der Waals surface area contributed by atoms with Gasteiger partial charge in [-0.1, -0.05) is 46.6 Å². The first kappa shape index (κ1) is 13.4. The van der Waals surface area contributed by atoms with Crippen molar-refractivity contribution in [3.05, 3.63) is 57.8 Å². The summed E-state index contributed by atoms with van der Waals surface area (Å²) in [6.07, 6.45) is 4.42. The zero-order valence-corrected chi connectivity index (χ0v) is 12.4. The van der Waals surface area contributed by atoms with Crippen LogP contribution in [0, 0.1) is 0 Å². The minimum Gasteiger partial charge on any atom is -0.376 e. The van der Waals surface area contributed by atoms with E-state index >= 15 is 0 Å². The molecule has 0 bridgehead atoms. The van der Waals surface area contributed by atoms with Crippen molar-refractivity contribution in [1.29, 1.82) is 0 Å². The molecule has 0 radical (unpaired) electrons. The molecule has 0 saturated carbocycles. The molecule has 4 heteroatoms. The Labute approximate surface area is 121 Å². The fraction of sp³-hybridized carbons (Fsp3) is 0.214. The summed E-state index contributed by atoms with van der Waals surface area (Å²) >= 11 is 9.57. The van der Waals surface area contributed by atoms with Crippen LogP contribution in [0.25, 0.3) is 0 Å². The molecule has 2 rings (SSSR count). The number of hydrogen-bond donors (Lipinski definition) is 1. The number of pyridine rings is 1. The van der Waals surface area contributed by atoms with Gasteiger partial charge in [0, 0.05) is 10.7 Å². The molecular weight excluding hydrogens is 312 g/mol. The van der Waals surface area contributed by atoms with Gasteiger partial charge in [0.05, 0.1) is 22.9 Å². The van der Waals surface area contributed by atoms with E-state index in [-0.39, 0.29) is 6.04 Å². The van der Waals surface area contributed by atoms with Gasteiger partial charge in [0.15, 0.2) is 0 Å². The Kier molecular flexibility index (Phi) is 4.61. The van der Waals surface area contributed by atoms with Gasteiger partial charge in [-0.15, -0.1) is 0 Å². The summed E-state index contributed by atoms with van der Waals surface area (Å²) in [6, 6.07) is 10.3. The van der Waals surface area contributed by atoms with Gasteiger partial charge in [0.2, 0.25) is 0 Å². The molecule has 1 aromatic heterocycles. The summed E-state index contributed by atoms with van der Waals surface area (Å²) in [7, 11) is 0. The van der Waals surface area contributed by atoms with E-state index in [1.807, 2.05) is 12.1 Å². The largest absolute Gasteiger partial charge is 0.376 e. The molecule has 1 atom stereocenters. The molecule has 2 nitrogen and oxygen atoms in total. The molecule has 0 aliphatic heterocycles. The van der Waals surface area contributed by atoms with Crippen LogP contribution in [0.5, 0.6) is 0 Å². The summed E-state index contributed by atoms with van der Waals surface area (Å²) in [6.45, 7) is 2.14. The van der Waals surface area contributed by atoms with Crippen LogP contribution >= 0.6 is 27.5 Å². The van der Waals surface area contributed by atoms with Crippen molar-refractivity contribution in [3.8, 4) is 0 Å². The number of nitrogens with zero attached hydrogens (tertiary/aromatic N) is 1.